The summed E-state index contributed by atoms with van der Waals surface area (Å²) in [4.78, 5) is 26.2. The number of carbonyl (C=O) groups excluding carboxylic acids is 2. The summed E-state index contributed by atoms with van der Waals surface area (Å²) in [5.74, 6) is 0.0706. The van der Waals surface area contributed by atoms with Gasteiger partial charge < -0.3 is 10.2 Å². The maximum Gasteiger partial charge on any atom is 0.246 e. The number of hydrogen-bond donors (Lipinski definition) is 1. The van der Waals surface area contributed by atoms with E-state index in [1.54, 1.807) is 4.90 Å². The van der Waals surface area contributed by atoms with Gasteiger partial charge in [0.25, 0.3) is 0 Å². The van der Waals surface area contributed by atoms with Crippen molar-refractivity contribution in [2.75, 3.05) is 13.1 Å². The van der Waals surface area contributed by atoms with Crippen molar-refractivity contribution in [1.29, 1.82) is 0 Å². The molecule has 0 aromatic rings. The van der Waals surface area contributed by atoms with E-state index in [4.69, 9.17) is 0 Å². The zero-order valence-electron chi connectivity index (χ0n) is 12.6. The lowest BCUT2D eigenvalue weighted by Crippen LogP contribution is -2.62. The van der Waals surface area contributed by atoms with Gasteiger partial charge in [0.2, 0.25) is 11.8 Å². The molecule has 0 radical (unpaired) electrons. The monoisotopic (exact) mass is 266 g/mol. The minimum Gasteiger partial charge on any atom is -0.342 e. The van der Waals surface area contributed by atoms with Crippen molar-refractivity contribution in [1.82, 2.24) is 10.2 Å². The Morgan fingerprint density at radius 2 is 1.95 bits per heavy atom. The van der Waals surface area contributed by atoms with Crippen molar-refractivity contribution in [3.63, 3.8) is 0 Å². The Balaban J connectivity index is 2.08. The Hall–Kier alpha value is -1.06. The molecule has 108 valence electrons. The number of amides is 2. The number of nitrogens with one attached hydrogen (secondary N) is 1. The minimum atomic E-state index is -0.383. The van der Waals surface area contributed by atoms with Gasteiger partial charge in [-0.25, -0.2) is 0 Å². The highest BCUT2D eigenvalue weighted by molar-refractivity contribution is 5.95. The van der Waals surface area contributed by atoms with Crippen LogP contribution in [-0.2, 0) is 9.59 Å². The number of carbonyl (C=O) groups is 2. The van der Waals surface area contributed by atoms with Crippen LogP contribution in [0.1, 0.15) is 53.4 Å². The average molecular weight is 266 g/mol. The van der Waals surface area contributed by atoms with Crippen LogP contribution in [0.2, 0.25) is 0 Å². The van der Waals surface area contributed by atoms with Gasteiger partial charge in [0, 0.05) is 6.54 Å². The summed E-state index contributed by atoms with van der Waals surface area (Å²) in [7, 11) is 0. The summed E-state index contributed by atoms with van der Waals surface area (Å²) >= 11 is 0. The molecule has 2 rings (SSSR count). The molecule has 4 nitrogen and oxygen atoms in total. The second kappa shape index (κ2) is 4.80. The van der Waals surface area contributed by atoms with E-state index in [1.165, 1.54) is 19.3 Å². The lowest BCUT2D eigenvalue weighted by Gasteiger charge is -2.40. The second-order valence-electron chi connectivity index (χ2n) is 7.31. The predicted octanol–water partition coefficient (Wildman–Crippen LogP) is 1.94. The molecule has 1 N–H and O–H groups in total. The first-order valence-electron chi connectivity index (χ1n) is 7.36. The van der Waals surface area contributed by atoms with Gasteiger partial charge in [-0.2, -0.15) is 0 Å². The molecule has 19 heavy (non-hydrogen) atoms. The van der Waals surface area contributed by atoms with Crippen LogP contribution >= 0.6 is 0 Å². The molecule has 1 aliphatic heterocycles. The molecular formula is C15H26N2O2. The van der Waals surface area contributed by atoms with Gasteiger partial charge in [0.05, 0.1) is 6.54 Å². The van der Waals surface area contributed by atoms with E-state index in [0.717, 1.165) is 13.0 Å². The summed E-state index contributed by atoms with van der Waals surface area (Å²) in [5.41, 5.74) is 0.0807. The first-order valence-corrected chi connectivity index (χ1v) is 7.36. The molecule has 0 aromatic carbocycles. The number of nitrogens with zero attached hydrogens (tertiary/aromatic N) is 1. The highest BCUT2D eigenvalue weighted by Gasteiger charge is 2.47. The molecule has 2 amide bonds. The molecule has 1 atom stereocenters. The van der Waals surface area contributed by atoms with E-state index in [-0.39, 0.29) is 29.8 Å². The third-order valence-electron chi connectivity index (χ3n) is 4.33. The second-order valence-corrected chi connectivity index (χ2v) is 7.31. The van der Waals surface area contributed by atoms with Gasteiger partial charge in [-0.05, 0) is 30.1 Å². The normalized spacial score (nSPS) is 26.3. The summed E-state index contributed by atoms with van der Waals surface area (Å²) in [6.45, 7) is 9.17. The van der Waals surface area contributed by atoms with E-state index in [1.807, 2.05) is 20.8 Å². The molecule has 1 heterocycles. The van der Waals surface area contributed by atoms with Gasteiger partial charge in [-0.3, -0.25) is 9.59 Å². The summed E-state index contributed by atoms with van der Waals surface area (Å²) in [5, 5.41) is 2.84. The fraction of sp³-hybridized carbons (Fsp3) is 0.867. The standard InChI is InChI=1S/C15H26N2O2/c1-5-6-15(7-8-15)10-17-9-11(18)16-12(13(17)19)14(2,3)4/h12H,5-10H2,1-4H3,(H,16,18). The van der Waals surface area contributed by atoms with Crippen LogP contribution in [0.5, 0.6) is 0 Å². The Kier molecular flexibility index (Phi) is 3.63. The van der Waals surface area contributed by atoms with E-state index >= 15 is 0 Å². The molecule has 0 bridgehead atoms. The van der Waals surface area contributed by atoms with E-state index in [9.17, 15) is 9.59 Å². The smallest absolute Gasteiger partial charge is 0.246 e. The van der Waals surface area contributed by atoms with Gasteiger partial charge >= 0.3 is 0 Å². The molecule has 0 spiro atoms. The van der Waals surface area contributed by atoms with Crippen LogP contribution in [0.25, 0.3) is 0 Å². The minimum absolute atomic E-state index is 0.0215. The zero-order valence-corrected chi connectivity index (χ0v) is 12.6. The Morgan fingerprint density at radius 3 is 2.42 bits per heavy atom. The van der Waals surface area contributed by atoms with E-state index in [0.29, 0.717) is 5.41 Å². The Morgan fingerprint density at radius 1 is 1.32 bits per heavy atom. The topological polar surface area (TPSA) is 49.4 Å². The lowest BCUT2D eigenvalue weighted by atomic mass is 9.84. The van der Waals surface area contributed by atoms with E-state index in [2.05, 4.69) is 12.2 Å². The number of hydrogen-bond acceptors (Lipinski definition) is 2. The Bertz CT molecular complexity index is 380. The quantitative estimate of drug-likeness (QED) is 0.845. The molecular weight excluding hydrogens is 240 g/mol. The van der Waals surface area contributed by atoms with Crippen LogP contribution in [0.15, 0.2) is 0 Å². The number of piperazine rings is 1. The molecule has 1 unspecified atom stereocenters. The molecule has 1 saturated heterocycles. The first kappa shape index (κ1) is 14.4. The van der Waals surface area contributed by atoms with Crippen molar-refractivity contribution in [2.45, 2.75) is 59.4 Å². The van der Waals surface area contributed by atoms with E-state index < -0.39 is 0 Å². The summed E-state index contributed by atoms with van der Waals surface area (Å²) in [6, 6.07) is -0.383. The highest BCUT2D eigenvalue weighted by Crippen LogP contribution is 2.50. The number of rotatable bonds is 4. The van der Waals surface area contributed by atoms with Crippen molar-refractivity contribution in [3.8, 4) is 0 Å². The van der Waals surface area contributed by atoms with Gasteiger partial charge in [-0.1, -0.05) is 34.1 Å². The Labute approximate surface area is 115 Å². The SMILES string of the molecule is CCCC1(CN2CC(=O)NC(C(C)(C)C)C2=O)CC1. The third kappa shape index (κ3) is 3.10. The van der Waals surface area contributed by atoms with Crippen LogP contribution in [-0.4, -0.2) is 35.8 Å². The lowest BCUT2D eigenvalue weighted by molar-refractivity contribution is -0.148. The van der Waals surface area contributed by atoms with Crippen LogP contribution in [0, 0.1) is 10.8 Å². The molecule has 1 saturated carbocycles. The fourth-order valence-electron chi connectivity index (χ4n) is 3.02. The molecule has 4 heteroatoms. The molecule has 2 aliphatic rings. The predicted molar refractivity (Wildman–Crippen MR) is 74.5 cm³/mol. The molecule has 0 aromatic heterocycles. The first-order chi connectivity index (χ1) is 8.77. The zero-order chi connectivity index (χ0) is 14.3. The van der Waals surface area contributed by atoms with Crippen molar-refractivity contribution >= 4 is 11.8 Å². The summed E-state index contributed by atoms with van der Waals surface area (Å²) in [6.07, 6.45) is 4.72. The largest absolute Gasteiger partial charge is 0.342 e. The van der Waals surface area contributed by atoms with Crippen LogP contribution in [0.3, 0.4) is 0 Å². The third-order valence-corrected chi connectivity index (χ3v) is 4.33. The van der Waals surface area contributed by atoms with Gasteiger partial charge in [0.1, 0.15) is 6.04 Å². The van der Waals surface area contributed by atoms with Crippen molar-refractivity contribution < 1.29 is 9.59 Å². The van der Waals surface area contributed by atoms with Gasteiger partial charge in [-0.15, -0.1) is 0 Å². The maximum atomic E-state index is 12.5. The highest BCUT2D eigenvalue weighted by atomic mass is 16.2. The molecule has 2 fully saturated rings. The van der Waals surface area contributed by atoms with Gasteiger partial charge in [0.15, 0.2) is 0 Å². The summed E-state index contributed by atoms with van der Waals surface area (Å²) < 4.78 is 0. The molecule has 1 aliphatic carbocycles. The van der Waals surface area contributed by atoms with Crippen LogP contribution < -0.4 is 5.32 Å². The average Bonchev–Trinajstić information content (AvgIpc) is 3.02. The van der Waals surface area contributed by atoms with Crippen LogP contribution in [0.4, 0.5) is 0 Å². The fourth-order valence-corrected chi connectivity index (χ4v) is 3.02. The van der Waals surface area contributed by atoms with Crippen molar-refractivity contribution in [2.24, 2.45) is 10.8 Å². The maximum absolute atomic E-state index is 12.5. The van der Waals surface area contributed by atoms with Crippen molar-refractivity contribution in [3.05, 3.63) is 0 Å².